The molecule has 0 atom stereocenters. The second-order valence-corrected chi connectivity index (χ2v) is 6.73. The third kappa shape index (κ3) is 2.45. The average molecular weight is 361 g/mol. The van der Waals surface area contributed by atoms with E-state index in [1.54, 1.807) is 12.1 Å². The fraction of sp³-hybridized carbons (Fsp3) is 0.100. The number of nitriles is 1. The molecule has 0 aliphatic rings. The molecule has 4 rings (SSSR count). The summed E-state index contributed by atoms with van der Waals surface area (Å²) >= 11 is 1.13. The van der Waals surface area contributed by atoms with E-state index in [2.05, 4.69) is 15.1 Å². The summed E-state index contributed by atoms with van der Waals surface area (Å²) in [4.78, 5) is 0.866. The van der Waals surface area contributed by atoms with Crippen molar-refractivity contribution < 1.29 is 9.63 Å². The van der Waals surface area contributed by atoms with Crippen LogP contribution in [-0.2, 0) is 0 Å². The highest BCUT2D eigenvalue weighted by Gasteiger charge is 2.25. The van der Waals surface area contributed by atoms with Crippen LogP contribution in [0.2, 0.25) is 0 Å². The van der Waals surface area contributed by atoms with Crippen LogP contribution >= 0.6 is 11.8 Å². The van der Waals surface area contributed by atoms with Crippen molar-refractivity contribution in [1.29, 1.82) is 5.26 Å². The van der Waals surface area contributed by atoms with Gasteiger partial charge in [-0.1, -0.05) is 23.4 Å². The second-order valence-electron chi connectivity index (χ2n) is 5.94. The molecule has 4 aromatic rings. The zero-order valence-electron chi connectivity index (χ0n) is 14.2. The fourth-order valence-electron chi connectivity index (χ4n) is 3.28. The topological polar surface area (TPSA) is 75.0 Å². The van der Waals surface area contributed by atoms with Gasteiger partial charge in [0, 0.05) is 11.1 Å². The first kappa shape index (κ1) is 16.3. The van der Waals surface area contributed by atoms with E-state index < -0.39 is 0 Å². The molecule has 2 aromatic carbocycles. The summed E-state index contributed by atoms with van der Waals surface area (Å²) in [7, 11) is 0. The van der Waals surface area contributed by atoms with Crippen LogP contribution in [0, 0.1) is 24.5 Å². The monoisotopic (exact) mass is 361 g/mol. The van der Waals surface area contributed by atoms with E-state index in [0.29, 0.717) is 5.76 Å². The number of aromatic hydroxyl groups is 1. The molecule has 0 saturated carbocycles. The van der Waals surface area contributed by atoms with Crippen LogP contribution in [0.4, 0.5) is 0 Å². The van der Waals surface area contributed by atoms with Crippen molar-refractivity contribution in [3.8, 4) is 28.1 Å². The number of nitrogens with zero attached hydrogens (tertiary/aromatic N) is 3. The molecule has 0 fully saturated rings. The van der Waals surface area contributed by atoms with Gasteiger partial charge in [-0.3, -0.25) is 0 Å². The van der Waals surface area contributed by atoms with Gasteiger partial charge in [-0.15, -0.1) is 0 Å². The maximum Gasteiger partial charge on any atom is 0.143 e. The summed E-state index contributed by atoms with van der Waals surface area (Å²) < 4.78 is 7.48. The van der Waals surface area contributed by atoms with Crippen LogP contribution < -0.4 is 0 Å². The molecule has 6 heteroatoms. The minimum absolute atomic E-state index is 0.204. The predicted octanol–water partition coefficient (Wildman–Crippen LogP) is 5.18. The maximum atomic E-state index is 9.67. The van der Waals surface area contributed by atoms with Gasteiger partial charge in [-0.05, 0) is 55.9 Å². The Morgan fingerprint density at radius 1 is 1.12 bits per heavy atom. The van der Waals surface area contributed by atoms with E-state index in [0.717, 1.165) is 50.2 Å². The molecule has 0 spiro atoms. The molecule has 1 N–H and O–H groups in total. The summed E-state index contributed by atoms with van der Waals surface area (Å²) in [5, 5.41) is 26.3. The van der Waals surface area contributed by atoms with Crippen LogP contribution in [0.25, 0.3) is 27.8 Å². The van der Waals surface area contributed by atoms with Crippen LogP contribution in [0.5, 0.6) is 5.75 Å². The molecule has 26 heavy (non-hydrogen) atoms. The van der Waals surface area contributed by atoms with Gasteiger partial charge < -0.3 is 14.2 Å². The number of fused-ring (bicyclic) bond motifs is 1. The van der Waals surface area contributed by atoms with Gasteiger partial charge in [0.15, 0.2) is 0 Å². The highest BCUT2D eigenvalue weighted by atomic mass is 32.2. The summed E-state index contributed by atoms with van der Waals surface area (Å²) in [6.45, 7) is 3.76. The van der Waals surface area contributed by atoms with Crippen molar-refractivity contribution >= 4 is 22.7 Å². The Kier molecular flexibility index (Phi) is 3.94. The lowest BCUT2D eigenvalue weighted by molar-refractivity contribution is 0.393. The number of thioether (sulfide) groups is 1. The van der Waals surface area contributed by atoms with Gasteiger partial charge in [0.05, 0.1) is 27.4 Å². The Morgan fingerprint density at radius 3 is 2.50 bits per heavy atom. The summed E-state index contributed by atoms with van der Waals surface area (Å²) in [6.07, 6.45) is 0. The van der Waals surface area contributed by atoms with Crippen LogP contribution in [0.15, 0.2) is 57.9 Å². The van der Waals surface area contributed by atoms with Crippen molar-refractivity contribution in [1.82, 2.24) is 9.72 Å². The van der Waals surface area contributed by atoms with Gasteiger partial charge in [0.1, 0.15) is 16.9 Å². The van der Waals surface area contributed by atoms with E-state index in [1.165, 1.54) is 0 Å². The van der Waals surface area contributed by atoms with Crippen molar-refractivity contribution in [2.24, 2.45) is 0 Å². The van der Waals surface area contributed by atoms with E-state index in [-0.39, 0.29) is 5.75 Å². The number of aromatic nitrogens is 2. The van der Waals surface area contributed by atoms with E-state index in [4.69, 9.17) is 4.52 Å². The molecule has 2 aromatic heterocycles. The lowest BCUT2D eigenvalue weighted by atomic mass is 10.1. The molecule has 2 heterocycles. The summed E-state index contributed by atoms with van der Waals surface area (Å²) in [5.74, 6) is 0.904. The van der Waals surface area contributed by atoms with Crippen LogP contribution in [0.3, 0.4) is 0 Å². The Bertz CT molecular complexity index is 1130. The fourth-order valence-corrected chi connectivity index (χ4v) is 3.94. The molecule has 0 radical (unpaired) electrons. The average Bonchev–Trinajstić information content (AvgIpc) is 3.13. The summed E-state index contributed by atoms with van der Waals surface area (Å²) in [5.41, 5.74) is 4.39. The highest BCUT2D eigenvalue weighted by molar-refractivity contribution is 8.04. The molecule has 0 amide bonds. The maximum absolute atomic E-state index is 9.67. The number of phenolic OH excluding ortho intramolecular Hbond substituents is 1. The third-order valence-corrected chi connectivity index (χ3v) is 5.06. The molecule has 0 aliphatic heterocycles. The minimum Gasteiger partial charge on any atom is -0.508 e. The SMILES string of the molecule is Cc1noc(C)c1-c1c(SC#N)c2ccccc2n1-c1ccc(O)cc1. The van der Waals surface area contributed by atoms with Crippen molar-refractivity contribution in [2.75, 3.05) is 0 Å². The third-order valence-electron chi connectivity index (χ3n) is 4.35. The van der Waals surface area contributed by atoms with Crippen molar-refractivity contribution in [2.45, 2.75) is 18.7 Å². The Hall–Kier alpha value is -3.17. The molecular formula is C20H15N3O2S. The number of hydrogen-bond acceptors (Lipinski definition) is 5. The smallest absolute Gasteiger partial charge is 0.143 e. The first-order valence-electron chi connectivity index (χ1n) is 8.04. The van der Waals surface area contributed by atoms with Crippen molar-refractivity contribution in [3.05, 3.63) is 60.0 Å². The standard InChI is InChI=1S/C20H15N3O2S/c1-12-18(13(2)25-22-12)19-20(26-11-21)16-5-3-4-6-17(16)23(19)14-7-9-15(24)10-8-14/h3-10,24H,1-2H3. The van der Waals surface area contributed by atoms with Gasteiger partial charge in [-0.25, -0.2) is 0 Å². The van der Waals surface area contributed by atoms with E-state index in [1.807, 2.05) is 50.2 Å². The van der Waals surface area contributed by atoms with E-state index in [9.17, 15) is 10.4 Å². The van der Waals surface area contributed by atoms with Gasteiger partial charge in [0.25, 0.3) is 0 Å². The molecule has 0 saturated heterocycles. The number of rotatable bonds is 3. The number of thiocyanates is 1. The Morgan fingerprint density at radius 2 is 1.85 bits per heavy atom. The van der Waals surface area contributed by atoms with Gasteiger partial charge in [0.2, 0.25) is 0 Å². The normalized spacial score (nSPS) is 11.0. The molecule has 128 valence electrons. The number of aryl methyl sites for hydroxylation is 2. The quantitative estimate of drug-likeness (QED) is 0.402. The van der Waals surface area contributed by atoms with Crippen molar-refractivity contribution in [3.63, 3.8) is 0 Å². The Labute approximate surface area is 154 Å². The molecule has 5 nitrogen and oxygen atoms in total. The van der Waals surface area contributed by atoms with Crippen LogP contribution in [-0.4, -0.2) is 14.8 Å². The first-order chi connectivity index (χ1) is 12.6. The van der Waals surface area contributed by atoms with Crippen LogP contribution in [0.1, 0.15) is 11.5 Å². The first-order valence-corrected chi connectivity index (χ1v) is 8.85. The lowest BCUT2D eigenvalue weighted by Crippen LogP contribution is -1.98. The minimum atomic E-state index is 0.204. The number of hydrogen-bond donors (Lipinski definition) is 1. The number of benzene rings is 2. The zero-order valence-corrected chi connectivity index (χ0v) is 15.0. The van der Waals surface area contributed by atoms with Gasteiger partial charge in [-0.2, -0.15) is 5.26 Å². The molecule has 0 aliphatic carbocycles. The zero-order chi connectivity index (χ0) is 18.3. The number of para-hydroxylation sites is 1. The highest BCUT2D eigenvalue weighted by Crippen LogP contribution is 2.43. The molecule has 0 bridgehead atoms. The largest absolute Gasteiger partial charge is 0.508 e. The second kappa shape index (κ2) is 6.28. The van der Waals surface area contributed by atoms with E-state index >= 15 is 0 Å². The van der Waals surface area contributed by atoms with Gasteiger partial charge >= 0.3 is 0 Å². The lowest BCUT2D eigenvalue weighted by Gasteiger charge is -2.12. The predicted molar refractivity (Wildman–Crippen MR) is 101 cm³/mol. The number of phenols is 1. The molecule has 0 unspecified atom stereocenters. The summed E-state index contributed by atoms with van der Waals surface area (Å²) in [6, 6.07) is 15.0. The Balaban J connectivity index is 2.17. The molecular weight excluding hydrogens is 346 g/mol.